The van der Waals surface area contributed by atoms with Crippen molar-refractivity contribution in [2.75, 3.05) is 6.54 Å². The Kier molecular flexibility index (Phi) is 5.78. The van der Waals surface area contributed by atoms with Crippen LogP contribution in [-0.2, 0) is 17.9 Å². The lowest BCUT2D eigenvalue weighted by atomic mass is 10.2. The molecule has 0 radical (unpaired) electrons. The third-order valence-electron chi connectivity index (χ3n) is 3.97. The Morgan fingerprint density at radius 2 is 1.96 bits per heavy atom. The topological polar surface area (TPSA) is 61.4 Å². The number of carbonyl (C=O) groups excluding carboxylic acids is 2. The summed E-state index contributed by atoms with van der Waals surface area (Å²) in [6.45, 7) is 1.11. The first-order chi connectivity index (χ1) is 12.1. The summed E-state index contributed by atoms with van der Waals surface area (Å²) >= 11 is 1.55. The fraction of sp³-hybridized carbons (Fsp3) is 0.333. The fourth-order valence-electron chi connectivity index (χ4n) is 2.55. The van der Waals surface area contributed by atoms with E-state index in [1.165, 1.54) is 12.1 Å². The second-order valence-corrected chi connectivity index (χ2v) is 7.11. The highest BCUT2D eigenvalue weighted by Gasteiger charge is 2.30. The van der Waals surface area contributed by atoms with Gasteiger partial charge in [-0.2, -0.15) is 0 Å². The molecule has 0 aliphatic heterocycles. The number of hydrogen-bond donors (Lipinski definition) is 2. The molecule has 25 heavy (non-hydrogen) atoms. The molecule has 0 bridgehead atoms. The van der Waals surface area contributed by atoms with E-state index < -0.39 is 6.03 Å². The van der Waals surface area contributed by atoms with Gasteiger partial charge in [0.25, 0.3) is 0 Å². The lowest BCUT2D eigenvalue weighted by molar-refractivity contribution is -0.121. The van der Waals surface area contributed by atoms with Crippen LogP contribution in [0.4, 0.5) is 9.18 Å². The van der Waals surface area contributed by atoms with Crippen molar-refractivity contribution in [3.8, 4) is 0 Å². The SMILES string of the molecule is O=C(CN(Cc1ccc(F)cc1)C1CC1)NC(=O)NCc1cccs1. The molecule has 1 fully saturated rings. The molecule has 7 heteroatoms. The summed E-state index contributed by atoms with van der Waals surface area (Å²) in [4.78, 5) is 27.0. The van der Waals surface area contributed by atoms with Gasteiger partial charge in [-0.25, -0.2) is 9.18 Å². The smallest absolute Gasteiger partial charge is 0.321 e. The van der Waals surface area contributed by atoms with Crippen LogP contribution in [0.1, 0.15) is 23.3 Å². The van der Waals surface area contributed by atoms with Gasteiger partial charge >= 0.3 is 6.03 Å². The number of rotatable bonds is 7. The molecule has 0 atom stereocenters. The summed E-state index contributed by atoms with van der Waals surface area (Å²) < 4.78 is 13.0. The molecule has 0 saturated heterocycles. The summed E-state index contributed by atoms with van der Waals surface area (Å²) in [6, 6.07) is 9.96. The first-order valence-corrected chi connectivity index (χ1v) is 9.06. The van der Waals surface area contributed by atoms with Gasteiger partial charge in [0.2, 0.25) is 5.91 Å². The van der Waals surface area contributed by atoms with Gasteiger partial charge in [0, 0.05) is 17.5 Å². The highest BCUT2D eigenvalue weighted by atomic mass is 32.1. The van der Waals surface area contributed by atoms with Crippen LogP contribution in [-0.4, -0.2) is 29.4 Å². The zero-order chi connectivity index (χ0) is 17.6. The maximum absolute atomic E-state index is 13.0. The molecule has 1 saturated carbocycles. The van der Waals surface area contributed by atoms with Crippen LogP contribution in [0.2, 0.25) is 0 Å². The van der Waals surface area contributed by atoms with Crippen molar-refractivity contribution < 1.29 is 14.0 Å². The maximum Gasteiger partial charge on any atom is 0.321 e. The van der Waals surface area contributed by atoms with Crippen molar-refractivity contribution in [1.82, 2.24) is 15.5 Å². The highest BCUT2D eigenvalue weighted by Crippen LogP contribution is 2.28. The van der Waals surface area contributed by atoms with Crippen molar-refractivity contribution in [2.45, 2.75) is 32.0 Å². The molecule has 5 nitrogen and oxygen atoms in total. The van der Waals surface area contributed by atoms with E-state index in [0.29, 0.717) is 19.1 Å². The van der Waals surface area contributed by atoms with E-state index in [4.69, 9.17) is 0 Å². The Morgan fingerprint density at radius 1 is 1.20 bits per heavy atom. The fourth-order valence-corrected chi connectivity index (χ4v) is 3.20. The number of hydrogen-bond acceptors (Lipinski definition) is 4. The van der Waals surface area contributed by atoms with Crippen molar-refractivity contribution in [2.24, 2.45) is 0 Å². The third-order valence-corrected chi connectivity index (χ3v) is 4.84. The van der Waals surface area contributed by atoms with Crippen molar-refractivity contribution in [3.63, 3.8) is 0 Å². The van der Waals surface area contributed by atoms with E-state index in [2.05, 4.69) is 10.6 Å². The monoisotopic (exact) mass is 361 g/mol. The van der Waals surface area contributed by atoms with Crippen LogP contribution in [0.25, 0.3) is 0 Å². The van der Waals surface area contributed by atoms with Gasteiger partial charge in [-0.3, -0.25) is 15.0 Å². The first kappa shape index (κ1) is 17.6. The number of imide groups is 1. The molecule has 1 aliphatic carbocycles. The average Bonchev–Trinajstić information content (AvgIpc) is 3.30. The molecule has 2 aromatic rings. The number of benzene rings is 1. The van der Waals surface area contributed by atoms with E-state index >= 15 is 0 Å². The van der Waals surface area contributed by atoms with E-state index in [1.807, 2.05) is 22.4 Å². The quantitative estimate of drug-likeness (QED) is 0.797. The lowest BCUT2D eigenvalue weighted by Crippen LogP contribution is -2.44. The largest absolute Gasteiger partial charge is 0.333 e. The minimum atomic E-state index is -0.490. The summed E-state index contributed by atoms with van der Waals surface area (Å²) in [6.07, 6.45) is 2.08. The molecular formula is C18H20FN3O2S. The predicted octanol–water partition coefficient (Wildman–Crippen LogP) is 2.88. The van der Waals surface area contributed by atoms with Crippen LogP contribution in [0.5, 0.6) is 0 Å². The molecule has 1 heterocycles. The Balaban J connectivity index is 1.47. The molecule has 1 aromatic heterocycles. The molecule has 3 amide bonds. The Hall–Kier alpha value is -2.25. The van der Waals surface area contributed by atoms with Gasteiger partial charge in [-0.05, 0) is 42.0 Å². The summed E-state index contributed by atoms with van der Waals surface area (Å²) in [7, 11) is 0. The van der Waals surface area contributed by atoms with Crippen LogP contribution in [0, 0.1) is 5.82 Å². The number of halogens is 1. The van der Waals surface area contributed by atoms with Crippen molar-refractivity contribution >= 4 is 23.3 Å². The van der Waals surface area contributed by atoms with Crippen molar-refractivity contribution in [3.05, 3.63) is 58.0 Å². The Labute approximate surface area is 149 Å². The summed E-state index contributed by atoms with van der Waals surface area (Å²) in [5.74, 6) is -0.612. The van der Waals surface area contributed by atoms with Gasteiger partial charge in [0.05, 0.1) is 13.1 Å². The zero-order valence-corrected chi connectivity index (χ0v) is 14.5. The minimum Gasteiger partial charge on any atom is -0.333 e. The number of amides is 3. The molecule has 0 spiro atoms. The zero-order valence-electron chi connectivity index (χ0n) is 13.7. The number of carbonyl (C=O) groups is 2. The van der Waals surface area contributed by atoms with E-state index in [-0.39, 0.29) is 18.3 Å². The molecule has 3 rings (SSSR count). The second-order valence-electron chi connectivity index (χ2n) is 6.07. The predicted molar refractivity (Wildman–Crippen MR) is 94.5 cm³/mol. The van der Waals surface area contributed by atoms with Crippen molar-refractivity contribution in [1.29, 1.82) is 0 Å². The molecule has 1 aromatic carbocycles. The Bertz CT molecular complexity index is 714. The van der Waals surface area contributed by atoms with Crippen LogP contribution in [0.15, 0.2) is 41.8 Å². The lowest BCUT2D eigenvalue weighted by Gasteiger charge is -2.21. The minimum absolute atomic E-state index is 0.147. The number of urea groups is 1. The van der Waals surface area contributed by atoms with Gasteiger partial charge in [0.15, 0.2) is 0 Å². The normalized spacial score (nSPS) is 13.7. The van der Waals surface area contributed by atoms with E-state index in [0.717, 1.165) is 23.3 Å². The summed E-state index contributed by atoms with van der Waals surface area (Å²) in [5.41, 5.74) is 0.947. The van der Waals surface area contributed by atoms with Crippen LogP contribution in [0.3, 0.4) is 0 Å². The van der Waals surface area contributed by atoms with Crippen LogP contribution < -0.4 is 10.6 Å². The maximum atomic E-state index is 13.0. The van der Waals surface area contributed by atoms with E-state index in [9.17, 15) is 14.0 Å². The van der Waals surface area contributed by atoms with E-state index in [1.54, 1.807) is 23.5 Å². The molecule has 0 unspecified atom stereocenters. The molecule has 1 aliphatic rings. The average molecular weight is 361 g/mol. The molecule has 2 N–H and O–H groups in total. The van der Waals surface area contributed by atoms with Gasteiger partial charge in [-0.15, -0.1) is 11.3 Å². The highest BCUT2D eigenvalue weighted by molar-refractivity contribution is 7.09. The number of thiophene rings is 1. The van der Waals surface area contributed by atoms with Gasteiger partial charge < -0.3 is 5.32 Å². The standard InChI is InChI=1S/C18H20FN3O2S/c19-14-5-3-13(4-6-14)11-22(15-7-8-15)12-17(23)21-18(24)20-10-16-2-1-9-25-16/h1-6,9,15H,7-8,10-12H2,(H2,20,21,23,24). The number of nitrogens with zero attached hydrogens (tertiary/aromatic N) is 1. The first-order valence-electron chi connectivity index (χ1n) is 8.19. The molecule has 132 valence electrons. The number of nitrogens with one attached hydrogen (secondary N) is 2. The van der Waals surface area contributed by atoms with Gasteiger partial charge in [-0.1, -0.05) is 18.2 Å². The van der Waals surface area contributed by atoms with Crippen LogP contribution >= 0.6 is 11.3 Å². The third kappa shape index (κ3) is 5.65. The molecular weight excluding hydrogens is 341 g/mol. The van der Waals surface area contributed by atoms with Gasteiger partial charge in [0.1, 0.15) is 5.82 Å². The summed E-state index contributed by atoms with van der Waals surface area (Å²) in [5, 5.41) is 6.97. The second kappa shape index (κ2) is 8.22. The Morgan fingerprint density at radius 3 is 2.60 bits per heavy atom.